The van der Waals surface area contributed by atoms with Gasteiger partial charge < -0.3 is 9.64 Å². The maximum absolute atomic E-state index is 12.3. The highest BCUT2D eigenvalue weighted by molar-refractivity contribution is 9.10. The summed E-state index contributed by atoms with van der Waals surface area (Å²) in [6, 6.07) is 12.2. The van der Waals surface area contributed by atoms with Crippen LogP contribution in [0.25, 0.3) is 0 Å². The lowest BCUT2D eigenvalue weighted by atomic mass is 10.2. The van der Waals surface area contributed by atoms with Gasteiger partial charge in [-0.3, -0.25) is 9.10 Å². The third kappa shape index (κ3) is 6.20. The van der Waals surface area contributed by atoms with E-state index in [4.69, 9.17) is 4.74 Å². The van der Waals surface area contributed by atoms with Crippen LogP contribution in [0.4, 0.5) is 11.4 Å². The van der Waals surface area contributed by atoms with E-state index in [1.165, 1.54) is 13.3 Å². The molecule has 2 rings (SSSR count). The minimum Gasteiger partial charge on any atom is -0.495 e. The van der Waals surface area contributed by atoms with Crippen LogP contribution in [-0.2, 0) is 14.8 Å². The Morgan fingerprint density at radius 2 is 1.90 bits per heavy atom. The van der Waals surface area contributed by atoms with Gasteiger partial charge in [-0.05, 0) is 45.8 Å². The standard InChI is InChI=1S/C19H23BrN4O4S/c1-23(2)16-10-9-14(11-15(16)20)12-21-22-19(25)13-24(29(4,26)27)17-7-5-6-8-18(17)28-3/h5-12H,13H2,1-4H3,(H,22,25)/b21-12-. The van der Waals surface area contributed by atoms with Crippen molar-refractivity contribution in [3.63, 3.8) is 0 Å². The molecule has 0 bridgehead atoms. The molecule has 2 aromatic carbocycles. The van der Waals surface area contributed by atoms with Gasteiger partial charge >= 0.3 is 0 Å². The van der Waals surface area contributed by atoms with Gasteiger partial charge in [-0.2, -0.15) is 5.10 Å². The van der Waals surface area contributed by atoms with Crippen LogP contribution in [-0.4, -0.2) is 54.5 Å². The van der Waals surface area contributed by atoms with Gasteiger partial charge in [0.1, 0.15) is 12.3 Å². The van der Waals surface area contributed by atoms with Gasteiger partial charge in [0.25, 0.3) is 5.91 Å². The Kier molecular flexibility index (Phi) is 7.63. The molecule has 0 unspecified atom stereocenters. The third-order valence-corrected chi connectivity index (χ3v) is 5.66. The number of carbonyl (C=O) groups excluding carboxylic acids is 1. The molecule has 0 aromatic heterocycles. The molecule has 0 heterocycles. The van der Waals surface area contributed by atoms with Crippen molar-refractivity contribution in [3.8, 4) is 5.75 Å². The lowest BCUT2D eigenvalue weighted by Crippen LogP contribution is -2.39. The molecule has 1 N–H and O–H groups in total. The van der Waals surface area contributed by atoms with Crippen LogP contribution in [0.2, 0.25) is 0 Å². The predicted molar refractivity (Wildman–Crippen MR) is 119 cm³/mol. The van der Waals surface area contributed by atoms with Gasteiger partial charge in [0, 0.05) is 18.6 Å². The second-order valence-electron chi connectivity index (χ2n) is 6.34. The quantitative estimate of drug-likeness (QED) is 0.460. The minimum atomic E-state index is -3.71. The van der Waals surface area contributed by atoms with Crippen molar-refractivity contribution < 1.29 is 17.9 Å². The summed E-state index contributed by atoms with van der Waals surface area (Å²) < 4.78 is 31.5. The molecule has 29 heavy (non-hydrogen) atoms. The highest BCUT2D eigenvalue weighted by Gasteiger charge is 2.23. The number of para-hydroxylation sites is 2. The Bertz CT molecular complexity index is 1010. The smallest absolute Gasteiger partial charge is 0.260 e. The second-order valence-corrected chi connectivity index (χ2v) is 9.10. The zero-order valence-corrected chi connectivity index (χ0v) is 19.0. The average Bonchev–Trinajstić information content (AvgIpc) is 2.65. The fourth-order valence-corrected chi connectivity index (χ4v) is 4.14. The van der Waals surface area contributed by atoms with E-state index in [0.717, 1.165) is 26.3 Å². The summed E-state index contributed by atoms with van der Waals surface area (Å²) >= 11 is 3.49. The molecule has 1 amide bonds. The fraction of sp³-hybridized carbons (Fsp3) is 0.263. The number of anilines is 2. The maximum Gasteiger partial charge on any atom is 0.260 e. The summed E-state index contributed by atoms with van der Waals surface area (Å²) in [6.07, 6.45) is 2.51. The number of ether oxygens (including phenoxy) is 1. The SMILES string of the molecule is COc1ccccc1N(CC(=O)N/N=C\c1ccc(N(C)C)c(Br)c1)S(C)(=O)=O. The summed E-state index contributed by atoms with van der Waals surface area (Å²) in [5.74, 6) is -0.235. The van der Waals surface area contributed by atoms with Crippen molar-refractivity contribution in [1.82, 2.24) is 5.43 Å². The number of halogens is 1. The van der Waals surface area contributed by atoms with Crippen LogP contribution < -0.4 is 19.4 Å². The highest BCUT2D eigenvalue weighted by Crippen LogP contribution is 2.29. The first-order valence-corrected chi connectivity index (χ1v) is 11.2. The van der Waals surface area contributed by atoms with E-state index < -0.39 is 22.5 Å². The maximum atomic E-state index is 12.3. The summed E-state index contributed by atoms with van der Waals surface area (Å²) in [5.41, 5.74) is 4.41. The summed E-state index contributed by atoms with van der Waals surface area (Å²) in [5, 5.41) is 3.92. The molecular formula is C19H23BrN4O4S. The number of benzene rings is 2. The number of hydrogen-bond donors (Lipinski definition) is 1. The molecule has 0 atom stereocenters. The first-order valence-electron chi connectivity index (χ1n) is 8.53. The van der Waals surface area contributed by atoms with E-state index in [9.17, 15) is 13.2 Å². The van der Waals surface area contributed by atoms with E-state index in [-0.39, 0.29) is 5.69 Å². The predicted octanol–water partition coefficient (Wildman–Crippen LogP) is 2.44. The van der Waals surface area contributed by atoms with Gasteiger partial charge in [0.2, 0.25) is 10.0 Å². The van der Waals surface area contributed by atoms with Crippen LogP contribution in [0.3, 0.4) is 0 Å². The van der Waals surface area contributed by atoms with E-state index in [1.54, 1.807) is 24.3 Å². The molecule has 0 fully saturated rings. The largest absolute Gasteiger partial charge is 0.495 e. The van der Waals surface area contributed by atoms with Gasteiger partial charge in [0.15, 0.2) is 0 Å². The van der Waals surface area contributed by atoms with Crippen molar-refractivity contribution in [3.05, 3.63) is 52.5 Å². The first kappa shape index (κ1) is 22.7. The molecule has 8 nitrogen and oxygen atoms in total. The lowest BCUT2D eigenvalue weighted by molar-refractivity contribution is -0.119. The molecule has 0 aliphatic rings. The van der Waals surface area contributed by atoms with E-state index in [2.05, 4.69) is 26.5 Å². The number of carbonyl (C=O) groups is 1. The number of rotatable bonds is 8. The van der Waals surface area contributed by atoms with Gasteiger partial charge in [-0.25, -0.2) is 13.8 Å². The van der Waals surface area contributed by atoms with Gasteiger partial charge in [0.05, 0.1) is 31.0 Å². The first-order chi connectivity index (χ1) is 13.6. The summed E-state index contributed by atoms with van der Waals surface area (Å²) in [7, 11) is 1.59. The molecule has 0 spiro atoms. The van der Waals surface area contributed by atoms with Gasteiger partial charge in [-0.15, -0.1) is 0 Å². The monoisotopic (exact) mass is 482 g/mol. The Morgan fingerprint density at radius 1 is 1.21 bits per heavy atom. The van der Waals surface area contributed by atoms with Crippen molar-refractivity contribution in [2.24, 2.45) is 5.10 Å². The number of hydrazone groups is 1. The second kappa shape index (κ2) is 9.75. The number of nitrogens with zero attached hydrogens (tertiary/aromatic N) is 3. The Hall–Kier alpha value is -2.59. The summed E-state index contributed by atoms with van der Waals surface area (Å²) in [4.78, 5) is 14.2. The molecule has 0 radical (unpaired) electrons. The number of sulfonamides is 1. The van der Waals surface area contributed by atoms with Crippen LogP contribution >= 0.6 is 15.9 Å². The number of nitrogens with one attached hydrogen (secondary N) is 1. The van der Waals surface area contributed by atoms with Crippen molar-refractivity contribution >= 4 is 49.4 Å². The van der Waals surface area contributed by atoms with Gasteiger partial charge in [-0.1, -0.05) is 18.2 Å². The fourth-order valence-electron chi connectivity index (χ4n) is 2.53. The van der Waals surface area contributed by atoms with E-state index in [1.807, 2.05) is 37.2 Å². The summed E-state index contributed by atoms with van der Waals surface area (Å²) in [6.45, 7) is -0.431. The molecule has 0 saturated heterocycles. The van der Waals surface area contributed by atoms with Crippen LogP contribution in [0.1, 0.15) is 5.56 Å². The molecule has 0 aliphatic carbocycles. The van der Waals surface area contributed by atoms with Crippen LogP contribution in [0.5, 0.6) is 5.75 Å². The van der Waals surface area contributed by atoms with Crippen LogP contribution in [0.15, 0.2) is 52.0 Å². The van der Waals surface area contributed by atoms with E-state index in [0.29, 0.717) is 5.75 Å². The van der Waals surface area contributed by atoms with Crippen molar-refractivity contribution in [1.29, 1.82) is 0 Å². The molecule has 2 aromatic rings. The molecular weight excluding hydrogens is 460 g/mol. The zero-order valence-electron chi connectivity index (χ0n) is 16.6. The number of hydrogen-bond acceptors (Lipinski definition) is 6. The Balaban J connectivity index is 2.11. The van der Waals surface area contributed by atoms with Crippen molar-refractivity contribution in [2.75, 3.05) is 43.2 Å². The number of amides is 1. The molecule has 0 saturated carbocycles. The highest BCUT2D eigenvalue weighted by atomic mass is 79.9. The number of methoxy groups -OCH3 is 1. The van der Waals surface area contributed by atoms with Crippen molar-refractivity contribution in [2.45, 2.75) is 0 Å². The molecule has 10 heteroatoms. The third-order valence-electron chi connectivity index (χ3n) is 3.90. The topological polar surface area (TPSA) is 91.3 Å². The lowest BCUT2D eigenvalue weighted by Gasteiger charge is -2.23. The van der Waals surface area contributed by atoms with Crippen LogP contribution in [0, 0.1) is 0 Å². The normalized spacial score (nSPS) is 11.3. The Labute approximate surface area is 179 Å². The molecule has 156 valence electrons. The molecule has 0 aliphatic heterocycles. The minimum absolute atomic E-state index is 0.278. The Morgan fingerprint density at radius 3 is 2.48 bits per heavy atom. The average molecular weight is 483 g/mol. The zero-order chi connectivity index (χ0) is 21.6. The van der Waals surface area contributed by atoms with E-state index >= 15 is 0 Å².